The van der Waals surface area contributed by atoms with Gasteiger partial charge in [-0.3, -0.25) is 4.79 Å². The Morgan fingerprint density at radius 3 is 2.32 bits per heavy atom. The average Bonchev–Trinajstić information content (AvgIpc) is 2.46. The summed E-state index contributed by atoms with van der Waals surface area (Å²) in [4.78, 5) is 11.1. The van der Waals surface area contributed by atoms with Crippen LogP contribution in [-0.2, 0) is 14.8 Å². The van der Waals surface area contributed by atoms with E-state index in [0.29, 0.717) is 5.69 Å². The highest BCUT2D eigenvalue weighted by atomic mass is 32.2. The van der Waals surface area contributed by atoms with Crippen LogP contribution in [0.4, 0.5) is 5.69 Å². The van der Waals surface area contributed by atoms with Crippen LogP contribution < -0.4 is 15.8 Å². The van der Waals surface area contributed by atoms with Crippen LogP contribution in [-0.4, -0.2) is 26.4 Å². The number of hydrogen-bond acceptors (Lipinski definition) is 4. The van der Waals surface area contributed by atoms with Gasteiger partial charge in [0.2, 0.25) is 15.9 Å². The van der Waals surface area contributed by atoms with Crippen molar-refractivity contribution in [2.45, 2.75) is 49.5 Å². The first-order valence-electron chi connectivity index (χ1n) is 7.47. The summed E-state index contributed by atoms with van der Waals surface area (Å²) in [5, 5.41) is 2.60. The maximum Gasteiger partial charge on any atom is 0.240 e. The Balaban J connectivity index is 2.02. The number of nitrogens with one attached hydrogen (secondary N) is 2. The van der Waals surface area contributed by atoms with Gasteiger partial charge in [-0.05, 0) is 37.1 Å². The van der Waals surface area contributed by atoms with Crippen LogP contribution >= 0.6 is 0 Å². The normalized spacial score (nSPS) is 17.9. The lowest BCUT2D eigenvalue weighted by Gasteiger charge is -2.33. The van der Waals surface area contributed by atoms with Gasteiger partial charge in [-0.25, -0.2) is 13.1 Å². The number of carbonyl (C=O) groups excluding carboxylic acids is 1. The van der Waals surface area contributed by atoms with Crippen LogP contribution in [0.2, 0.25) is 0 Å². The van der Waals surface area contributed by atoms with E-state index >= 15 is 0 Å². The van der Waals surface area contributed by atoms with Gasteiger partial charge in [-0.1, -0.05) is 19.3 Å². The van der Waals surface area contributed by atoms with Crippen molar-refractivity contribution in [1.29, 1.82) is 0 Å². The molecule has 0 saturated heterocycles. The second kappa shape index (κ2) is 6.76. The van der Waals surface area contributed by atoms with E-state index in [4.69, 9.17) is 5.73 Å². The molecule has 0 atom stereocenters. The lowest BCUT2D eigenvalue weighted by molar-refractivity contribution is -0.114. The van der Waals surface area contributed by atoms with Crippen LogP contribution in [0.15, 0.2) is 29.2 Å². The molecule has 0 radical (unpaired) electrons. The van der Waals surface area contributed by atoms with Crippen molar-refractivity contribution < 1.29 is 13.2 Å². The van der Waals surface area contributed by atoms with Gasteiger partial charge in [0.1, 0.15) is 0 Å². The Morgan fingerprint density at radius 2 is 1.77 bits per heavy atom. The zero-order chi connectivity index (χ0) is 16.2. The number of anilines is 1. The Kier molecular flexibility index (Phi) is 5.20. The van der Waals surface area contributed by atoms with Gasteiger partial charge in [0, 0.05) is 24.7 Å². The van der Waals surface area contributed by atoms with Crippen molar-refractivity contribution >= 4 is 21.6 Å². The summed E-state index contributed by atoms with van der Waals surface area (Å²) < 4.78 is 27.2. The first kappa shape index (κ1) is 16.9. The molecule has 1 aromatic rings. The van der Waals surface area contributed by atoms with E-state index in [1.54, 1.807) is 12.1 Å². The Labute approximate surface area is 131 Å². The molecule has 1 aliphatic rings. The van der Waals surface area contributed by atoms with E-state index in [9.17, 15) is 13.2 Å². The first-order valence-corrected chi connectivity index (χ1v) is 8.95. The summed E-state index contributed by atoms with van der Waals surface area (Å²) in [5.41, 5.74) is 6.37. The van der Waals surface area contributed by atoms with Crippen LogP contribution in [0.5, 0.6) is 0 Å². The minimum atomic E-state index is -3.59. The molecule has 0 heterocycles. The monoisotopic (exact) mass is 325 g/mol. The third-order valence-corrected chi connectivity index (χ3v) is 5.37. The molecule has 1 aliphatic carbocycles. The lowest BCUT2D eigenvalue weighted by Crippen LogP contribution is -2.51. The lowest BCUT2D eigenvalue weighted by atomic mass is 9.83. The van der Waals surface area contributed by atoms with E-state index in [0.717, 1.165) is 32.1 Å². The molecular formula is C15H23N3O3S. The zero-order valence-electron chi connectivity index (χ0n) is 12.8. The summed E-state index contributed by atoms with van der Waals surface area (Å²) in [5.74, 6) is -0.198. The molecule has 4 N–H and O–H groups in total. The molecule has 7 heteroatoms. The molecule has 1 saturated carbocycles. The SMILES string of the molecule is CC(=O)Nc1ccc(S(=O)(=O)NCC2(N)CCCCC2)cc1. The van der Waals surface area contributed by atoms with Crippen molar-refractivity contribution in [3.8, 4) is 0 Å². The van der Waals surface area contributed by atoms with Gasteiger partial charge in [-0.15, -0.1) is 0 Å². The molecule has 1 aromatic carbocycles. The van der Waals surface area contributed by atoms with Gasteiger partial charge in [0.05, 0.1) is 4.90 Å². The van der Waals surface area contributed by atoms with Crippen LogP contribution in [0.3, 0.4) is 0 Å². The number of amides is 1. The van der Waals surface area contributed by atoms with Crippen molar-refractivity contribution in [2.75, 3.05) is 11.9 Å². The number of hydrogen-bond donors (Lipinski definition) is 3. The second-order valence-corrected chi connectivity index (χ2v) is 7.72. The summed E-state index contributed by atoms with van der Waals surface area (Å²) >= 11 is 0. The van der Waals surface area contributed by atoms with Crippen LogP contribution in [0, 0.1) is 0 Å². The summed E-state index contributed by atoms with van der Waals surface area (Å²) in [7, 11) is -3.59. The number of sulfonamides is 1. The highest BCUT2D eigenvalue weighted by molar-refractivity contribution is 7.89. The molecule has 0 unspecified atom stereocenters. The van der Waals surface area contributed by atoms with E-state index in [1.807, 2.05) is 0 Å². The summed E-state index contributed by atoms with van der Waals surface area (Å²) in [6, 6.07) is 6.07. The van der Waals surface area contributed by atoms with Gasteiger partial charge in [0.25, 0.3) is 0 Å². The van der Waals surface area contributed by atoms with Crippen molar-refractivity contribution in [3.05, 3.63) is 24.3 Å². The maximum atomic E-state index is 12.3. The third-order valence-electron chi connectivity index (χ3n) is 3.95. The van der Waals surface area contributed by atoms with Gasteiger partial charge in [0.15, 0.2) is 0 Å². The second-order valence-electron chi connectivity index (χ2n) is 5.95. The predicted molar refractivity (Wildman–Crippen MR) is 85.9 cm³/mol. The fourth-order valence-electron chi connectivity index (χ4n) is 2.68. The van der Waals surface area contributed by atoms with Crippen molar-refractivity contribution in [1.82, 2.24) is 4.72 Å². The average molecular weight is 325 g/mol. The van der Waals surface area contributed by atoms with Crippen molar-refractivity contribution in [2.24, 2.45) is 5.73 Å². The molecule has 1 fully saturated rings. The Hall–Kier alpha value is -1.44. The standard InChI is InChI=1S/C15H23N3O3S/c1-12(19)18-13-5-7-14(8-6-13)22(20,21)17-11-15(16)9-3-2-4-10-15/h5-8,17H,2-4,9-11,16H2,1H3,(H,18,19). The molecule has 122 valence electrons. The smallest absolute Gasteiger partial charge is 0.240 e. The van der Waals surface area contributed by atoms with Gasteiger partial charge in [-0.2, -0.15) is 0 Å². The molecule has 0 spiro atoms. The van der Waals surface area contributed by atoms with Crippen molar-refractivity contribution in [3.63, 3.8) is 0 Å². The van der Waals surface area contributed by atoms with Gasteiger partial charge >= 0.3 is 0 Å². The highest BCUT2D eigenvalue weighted by Crippen LogP contribution is 2.25. The largest absolute Gasteiger partial charge is 0.326 e. The number of rotatable bonds is 5. The minimum absolute atomic E-state index is 0.168. The molecular weight excluding hydrogens is 302 g/mol. The highest BCUT2D eigenvalue weighted by Gasteiger charge is 2.29. The molecule has 22 heavy (non-hydrogen) atoms. The predicted octanol–water partition coefficient (Wildman–Crippen LogP) is 1.58. The fourth-order valence-corrected chi connectivity index (χ4v) is 3.81. The molecule has 0 bridgehead atoms. The number of nitrogens with two attached hydrogens (primary N) is 1. The molecule has 0 aliphatic heterocycles. The van der Waals surface area contributed by atoms with E-state index < -0.39 is 15.6 Å². The van der Waals surface area contributed by atoms with Gasteiger partial charge < -0.3 is 11.1 Å². The van der Waals surface area contributed by atoms with Crippen LogP contribution in [0.25, 0.3) is 0 Å². The topological polar surface area (TPSA) is 101 Å². The molecule has 2 rings (SSSR count). The number of benzene rings is 1. The number of carbonyl (C=O) groups is 1. The third kappa shape index (κ3) is 4.53. The quantitative estimate of drug-likeness (QED) is 0.765. The molecule has 6 nitrogen and oxygen atoms in total. The van der Waals surface area contributed by atoms with Crippen LogP contribution in [0.1, 0.15) is 39.0 Å². The summed E-state index contributed by atoms with van der Waals surface area (Å²) in [6.07, 6.45) is 4.94. The van der Waals surface area contributed by atoms with E-state index in [2.05, 4.69) is 10.0 Å². The fraction of sp³-hybridized carbons (Fsp3) is 0.533. The Morgan fingerprint density at radius 1 is 1.18 bits per heavy atom. The molecule has 1 amide bonds. The Bertz CT molecular complexity index is 620. The van der Waals surface area contributed by atoms with E-state index in [-0.39, 0.29) is 17.3 Å². The maximum absolute atomic E-state index is 12.3. The van der Waals surface area contributed by atoms with E-state index in [1.165, 1.54) is 19.1 Å². The minimum Gasteiger partial charge on any atom is -0.326 e. The summed E-state index contributed by atoms with van der Waals surface area (Å²) in [6.45, 7) is 1.65. The zero-order valence-corrected chi connectivity index (χ0v) is 13.6. The first-order chi connectivity index (χ1) is 10.3. The molecule has 0 aromatic heterocycles.